The Hall–Kier alpha value is -7.44. The number of allylic oxidation sites excluding steroid dienone is 7. The minimum absolute atomic E-state index is 0.0546. The second-order valence-electron chi connectivity index (χ2n) is 17.5. The van der Waals surface area contributed by atoms with E-state index in [2.05, 4.69) is 206 Å². The molecule has 3 aliphatic rings. The monoisotopic (exact) mass is 867 g/mol. The molecule has 3 atom stereocenters. The maximum Gasteiger partial charge on any atom is 0.160 e. The number of anilines is 1. The molecule has 308 valence electrons. The van der Waals surface area contributed by atoms with E-state index >= 15 is 0 Å². The molecule has 3 aromatic heterocycles. The summed E-state index contributed by atoms with van der Waals surface area (Å²) in [5.41, 5.74) is 14.7. The van der Waals surface area contributed by atoms with Gasteiger partial charge in [0.25, 0.3) is 0 Å². The molecule has 3 unspecified atom stereocenters. The lowest BCUT2D eigenvalue weighted by Gasteiger charge is -2.43. The number of nitrogens with one attached hydrogen (secondary N) is 1. The zero-order chi connectivity index (χ0) is 43.1. The molecule has 0 fully saturated rings. The van der Waals surface area contributed by atoms with Crippen molar-refractivity contribution < 1.29 is 0 Å². The predicted octanol–water partition coefficient (Wildman–Crippen LogP) is 16.8. The van der Waals surface area contributed by atoms with Crippen molar-refractivity contribution in [2.24, 2.45) is 11.3 Å². The van der Waals surface area contributed by atoms with Crippen molar-refractivity contribution in [2.75, 3.05) is 5.32 Å². The Labute approximate surface area is 386 Å². The highest BCUT2D eigenvalue weighted by molar-refractivity contribution is 7.26. The summed E-state index contributed by atoms with van der Waals surface area (Å²) in [5, 5.41) is 8.04. The Balaban J connectivity index is 0.853. The number of rotatable bonds is 6. The number of thiophene rings is 2. The average Bonchev–Trinajstić information content (AvgIpc) is 3.95. The van der Waals surface area contributed by atoms with Crippen LogP contribution in [0, 0.1) is 11.3 Å². The van der Waals surface area contributed by atoms with Crippen molar-refractivity contribution >= 4 is 58.6 Å². The van der Waals surface area contributed by atoms with Gasteiger partial charge in [-0.05, 0) is 52.1 Å². The van der Waals surface area contributed by atoms with E-state index in [1.807, 2.05) is 40.9 Å². The van der Waals surface area contributed by atoms with E-state index in [-0.39, 0.29) is 11.5 Å². The molecule has 1 N–H and O–H groups in total. The third-order valence-electron chi connectivity index (χ3n) is 13.7. The summed E-state index contributed by atoms with van der Waals surface area (Å²) in [4.78, 5) is 11.7. The minimum Gasteiger partial charge on any atom is -0.373 e. The molecule has 13 rings (SSSR count). The number of hydrogen-bond acceptors (Lipinski definition) is 5. The zero-order valence-corrected chi connectivity index (χ0v) is 37.2. The normalized spacial score (nSPS) is 18.3. The van der Waals surface area contributed by atoms with Crippen molar-refractivity contribution in [1.29, 1.82) is 0 Å². The molecule has 65 heavy (non-hydrogen) atoms. The Bertz CT molecular complexity index is 3640. The first-order chi connectivity index (χ1) is 32.1. The van der Waals surface area contributed by atoms with E-state index in [0.717, 1.165) is 39.3 Å². The number of benzene rings is 7. The Morgan fingerprint density at radius 2 is 1.15 bits per heavy atom. The SMILES string of the molecule is CC12C=CC=CC1C=CC=C2C1Nc2cc(-c3ccc(-c4cc(-c5ccc(-c6cccc7c6sc6ccccc67)cc5)nc(-c5ccccc5)n4)cc3)ccc2-c2c1sc1ccccc21. The lowest BCUT2D eigenvalue weighted by Crippen LogP contribution is -2.34. The summed E-state index contributed by atoms with van der Waals surface area (Å²) < 4.78 is 3.96. The van der Waals surface area contributed by atoms with Crippen LogP contribution < -0.4 is 5.32 Å². The third-order valence-corrected chi connectivity index (χ3v) is 16.2. The molecule has 0 saturated carbocycles. The van der Waals surface area contributed by atoms with Gasteiger partial charge in [-0.25, -0.2) is 9.97 Å². The van der Waals surface area contributed by atoms with Gasteiger partial charge in [-0.15, -0.1) is 22.7 Å². The van der Waals surface area contributed by atoms with Crippen LogP contribution in [0.25, 0.3) is 97.5 Å². The molecule has 5 heteroatoms. The van der Waals surface area contributed by atoms with Gasteiger partial charge in [0.2, 0.25) is 0 Å². The first kappa shape index (κ1) is 38.1. The van der Waals surface area contributed by atoms with Crippen LogP contribution in [0.5, 0.6) is 0 Å². The highest BCUT2D eigenvalue weighted by atomic mass is 32.1. The second kappa shape index (κ2) is 15.1. The molecule has 7 aromatic carbocycles. The molecule has 0 spiro atoms. The Morgan fingerprint density at radius 1 is 0.508 bits per heavy atom. The lowest BCUT2D eigenvalue weighted by atomic mass is 9.64. The van der Waals surface area contributed by atoms with Crippen LogP contribution >= 0.6 is 22.7 Å². The fourth-order valence-electron chi connectivity index (χ4n) is 10.3. The van der Waals surface area contributed by atoms with Crippen molar-refractivity contribution in [3.63, 3.8) is 0 Å². The van der Waals surface area contributed by atoms with Crippen LogP contribution in [0.4, 0.5) is 5.69 Å². The van der Waals surface area contributed by atoms with Gasteiger partial charge in [-0.2, -0.15) is 0 Å². The first-order valence-corrected chi connectivity index (χ1v) is 23.9. The van der Waals surface area contributed by atoms with Crippen LogP contribution in [0.15, 0.2) is 218 Å². The molecular formula is C60H41N3S2. The standard InChI is InChI=1S/C60H41N3S2/c1-60-34-10-9-15-43(60)16-11-21-49(60)56-58-55(48-18-6-8-23-54(48)65-58)47-33-32-42(35-52(47)61-56)37-24-28-39(29-25-37)50-36-51(63-59(62-50)41-13-3-2-4-14-41)40-30-26-38(27-31-40)44-19-12-20-46-45-17-5-7-22-53(45)64-57(44)46/h2-36,43,56,61H,1H3. The summed E-state index contributed by atoms with van der Waals surface area (Å²) in [6, 6.07) is 61.4. The number of hydrogen-bond donors (Lipinski definition) is 1. The molecule has 4 heterocycles. The molecular weight excluding hydrogens is 827 g/mol. The first-order valence-electron chi connectivity index (χ1n) is 22.3. The largest absolute Gasteiger partial charge is 0.373 e. The van der Waals surface area contributed by atoms with Gasteiger partial charge in [0.15, 0.2) is 5.82 Å². The van der Waals surface area contributed by atoms with Crippen molar-refractivity contribution in [1.82, 2.24) is 9.97 Å². The van der Waals surface area contributed by atoms with E-state index in [0.29, 0.717) is 11.7 Å². The van der Waals surface area contributed by atoms with Gasteiger partial charge in [-0.3, -0.25) is 0 Å². The van der Waals surface area contributed by atoms with Crippen LogP contribution in [-0.2, 0) is 0 Å². The maximum absolute atomic E-state index is 5.17. The summed E-state index contributed by atoms with van der Waals surface area (Å²) in [5.74, 6) is 1.04. The van der Waals surface area contributed by atoms with Gasteiger partial charge >= 0.3 is 0 Å². The highest BCUT2D eigenvalue weighted by Crippen LogP contribution is 2.56. The van der Waals surface area contributed by atoms with Gasteiger partial charge in [0.1, 0.15) is 0 Å². The van der Waals surface area contributed by atoms with Crippen molar-refractivity contribution in [3.05, 3.63) is 223 Å². The van der Waals surface area contributed by atoms with Gasteiger partial charge < -0.3 is 5.32 Å². The zero-order valence-electron chi connectivity index (χ0n) is 35.6. The summed E-state index contributed by atoms with van der Waals surface area (Å²) in [6.07, 6.45) is 16.1. The lowest BCUT2D eigenvalue weighted by molar-refractivity contribution is 0.401. The van der Waals surface area contributed by atoms with Gasteiger partial charge in [0, 0.05) is 80.0 Å². The summed E-state index contributed by atoms with van der Waals surface area (Å²) >= 11 is 3.79. The fraction of sp³-hybridized carbons (Fsp3) is 0.0667. The van der Waals surface area contributed by atoms with Gasteiger partial charge in [-0.1, -0.05) is 195 Å². The molecule has 0 saturated heterocycles. The van der Waals surface area contributed by atoms with Gasteiger partial charge in [0.05, 0.1) is 17.4 Å². The molecule has 3 nitrogen and oxygen atoms in total. The smallest absolute Gasteiger partial charge is 0.160 e. The predicted molar refractivity (Wildman–Crippen MR) is 276 cm³/mol. The topological polar surface area (TPSA) is 37.8 Å². The summed E-state index contributed by atoms with van der Waals surface area (Å²) in [7, 11) is 0. The van der Waals surface area contributed by atoms with E-state index < -0.39 is 0 Å². The molecule has 10 aromatic rings. The van der Waals surface area contributed by atoms with Crippen LogP contribution in [0.2, 0.25) is 0 Å². The number of nitrogens with zero attached hydrogens (tertiary/aromatic N) is 2. The fourth-order valence-corrected chi connectivity index (χ4v) is 12.8. The molecule has 0 amide bonds. The van der Waals surface area contributed by atoms with Crippen LogP contribution in [0.3, 0.4) is 0 Å². The summed E-state index contributed by atoms with van der Waals surface area (Å²) in [6.45, 7) is 2.39. The molecule has 0 bridgehead atoms. The van der Waals surface area contributed by atoms with Crippen LogP contribution in [0.1, 0.15) is 17.8 Å². The quantitative estimate of drug-likeness (QED) is 0.181. The molecule has 1 aliphatic heterocycles. The van der Waals surface area contributed by atoms with Crippen molar-refractivity contribution in [3.8, 4) is 67.3 Å². The average molecular weight is 868 g/mol. The van der Waals surface area contributed by atoms with E-state index in [4.69, 9.17) is 9.97 Å². The highest BCUT2D eigenvalue weighted by Gasteiger charge is 2.42. The van der Waals surface area contributed by atoms with Crippen molar-refractivity contribution in [2.45, 2.75) is 13.0 Å². The molecule has 0 radical (unpaired) electrons. The van der Waals surface area contributed by atoms with E-state index in [9.17, 15) is 0 Å². The van der Waals surface area contributed by atoms with E-state index in [1.54, 1.807) is 0 Å². The third kappa shape index (κ3) is 6.29. The minimum atomic E-state index is -0.112. The number of aromatic nitrogens is 2. The van der Waals surface area contributed by atoms with E-state index in [1.165, 1.54) is 68.5 Å². The van der Waals surface area contributed by atoms with Crippen LogP contribution in [-0.4, -0.2) is 9.97 Å². The molecule has 2 aliphatic carbocycles. The Kier molecular flexibility index (Phi) is 8.84. The second-order valence-corrected chi connectivity index (χ2v) is 19.6. The number of fused-ring (bicyclic) bond motifs is 9. The Morgan fingerprint density at radius 3 is 1.94 bits per heavy atom. The maximum atomic E-state index is 5.17.